The maximum absolute atomic E-state index is 12.5. The van der Waals surface area contributed by atoms with Crippen LogP contribution in [0.1, 0.15) is 27.2 Å². The third-order valence-corrected chi connectivity index (χ3v) is 5.71. The lowest BCUT2D eigenvalue weighted by molar-refractivity contribution is -0.123. The van der Waals surface area contributed by atoms with Crippen LogP contribution in [0.3, 0.4) is 0 Å². The SMILES string of the molecule is CC(C)CC(C)(CN)NC(=O)CN(C)S(=O)(=O)c1ccc(Cl)cc1.Cl. The van der Waals surface area contributed by atoms with E-state index >= 15 is 0 Å². The van der Waals surface area contributed by atoms with E-state index in [9.17, 15) is 13.2 Å². The molecule has 0 fully saturated rings. The van der Waals surface area contributed by atoms with E-state index in [0.29, 0.717) is 17.4 Å². The molecule has 0 radical (unpaired) electrons. The van der Waals surface area contributed by atoms with Crippen LogP contribution in [0.15, 0.2) is 29.2 Å². The first-order chi connectivity index (χ1) is 11.0. The van der Waals surface area contributed by atoms with Crippen LogP contribution in [-0.2, 0) is 14.8 Å². The Morgan fingerprint density at radius 1 is 1.32 bits per heavy atom. The van der Waals surface area contributed by atoms with Crippen molar-refractivity contribution in [2.45, 2.75) is 37.6 Å². The molecule has 1 aromatic carbocycles. The molecule has 0 aromatic heterocycles. The monoisotopic (exact) mass is 411 g/mol. The fourth-order valence-electron chi connectivity index (χ4n) is 2.54. The second-order valence-corrected chi connectivity index (χ2v) is 9.11. The van der Waals surface area contributed by atoms with Gasteiger partial charge in [-0.05, 0) is 43.5 Å². The number of sulfonamides is 1. The lowest BCUT2D eigenvalue weighted by Crippen LogP contribution is -2.54. The number of likely N-dealkylation sites (N-methyl/N-ethyl adjacent to an activating group) is 1. The lowest BCUT2D eigenvalue weighted by Gasteiger charge is -2.32. The molecule has 1 amide bonds. The molecule has 1 atom stereocenters. The van der Waals surface area contributed by atoms with Gasteiger partial charge in [0.05, 0.1) is 11.4 Å². The third kappa shape index (κ3) is 7.11. The van der Waals surface area contributed by atoms with Gasteiger partial charge in [0, 0.05) is 24.2 Å². The van der Waals surface area contributed by atoms with Crippen molar-refractivity contribution in [1.29, 1.82) is 0 Å². The topological polar surface area (TPSA) is 92.5 Å². The van der Waals surface area contributed by atoms with E-state index in [1.54, 1.807) is 0 Å². The zero-order valence-corrected chi connectivity index (χ0v) is 17.3. The zero-order chi connectivity index (χ0) is 18.5. The Labute approximate surface area is 161 Å². The van der Waals surface area contributed by atoms with Crippen molar-refractivity contribution in [2.24, 2.45) is 11.7 Å². The fourth-order valence-corrected chi connectivity index (χ4v) is 3.79. The summed E-state index contributed by atoms with van der Waals surface area (Å²) in [6.07, 6.45) is 0.711. The van der Waals surface area contributed by atoms with E-state index in [2.05, 4.69) is 5.32 Å². The summed E-state index contributed by atoms with van der Waals surface area (Å²) in [5.74, 6) is -0.0296. The number of carbonyl (C=O) groups excluding carboxylic acids is 1. The largest absolute Gasteiger partial charge is 0.349 e. The number of rotatable bonds is 8. The number of nitrogens with two attached hydrogens (primary N) is 1. The molecule has 1 rings (SSSR count). The summed E-state index contributed by atoms with van der Waals surface area (Å²) in [5, 5.41) is 3.29. The smallest absolute Gasteiger partial charge is 0.243 e. The molecule has 0 bridgehead atoms. The molecule has 0 saturated heterocycles. The van der Waals surface area contributed by atoms with Crippen molar-refractivity contribution in [3.8, 4) is 0 Å². The molecule has 25 heavy (non-hydrogen) atoms. The summed E-state index contributed by atoms with van der Waals surface area (Å²) in [6.45, 7) is 5.94. The molecular formula is C16H27Cl2N3O3S. The van der Waals surface area contributed by atoms with Crippen molar-refractivity contribution in [3.63, 3.8) is 0 Å². The zero-order valence-electron chi connectivity index (χ0n) is 15.0. The molecule has 0 aliphatic carbocycles. The van der Waals surface area contributed by atoms with E-state index in [1.165, 1.54) is 31.3 Å². The van der Waals surface area contributed by atoms with Crippen LogP contribution < -0.4 is 11.1 Å². The van der Waals surface area contributed by atoms with E-state index in [-0.39, 0.29) is 36.3 Å². The number of carbonyl (C=O) groups is 1. The number of nitrogens with one attached hydrogen (secondary N) is 1. The quantitative estimate of drug-likeness (QED) is 0.685. The van der Waals surface area contributed by atoms with Gasteiger partial charge in [-0.1, -0.05) is 25.4 Å². The number of nitrogens with zero attached hydrogens (tertiary/aromatic N) is 1. The van der Waals surface area contributed by atoms with Crippen molar-refractivity contribution >= 4 is 39.9 Å². The highest BCUT2D eigenvalue weighted by Gasteiger charge is 2.28. The molecule has 0 heterocycles. The Morgan fingerprint density at radius 3 is 2.28 bits per heavy atom. The number of hydrogen-bond acceptors (Lipinski definition) is 4. The fraction of sp³-hybridized carbons (Fsp3) is 0.562. The molecular weight excluding hydrogens is 385 g/mol. The lowest BCUT2D eigenvalue weighted by atomic mass is 9.91. The van der Waals surface area contributed by atoms with Crippen molar-refractivity contribution in [2.75, 3.05) is 20.1 Å². The Balaban J connectivity index is 0.00000576. The summed E-state index contributed by atoms with van der Waals surface area (Å²) in [5.41, 5.74) is 5.21. The van der Waals surface area contributed by atoms with Gasteiger partial charge in [0.15, 0.2) is 0 Å². The van der Waals surface area contributed by atoms with E-state index in [4.69, 9.17) is 17.3 Å². The minimum absolute atomic E-state index is 0. The van der Waals surface area contributed by atoms with Gasteiger partial charge in [-0.3, -0.25) is 4.79 Å². The van der Waals surface area contributed by atoms with Crippen molar-refractivity contribution < 1.29 is 13.2 Å². The highest BCUT2D eigenvalue weighted by Crippen LogP contribution is 2.18. The van der Waals surface area contributed by atoms with Crippen molar-refractivity contribution in [1.82, 2.24) is 9.62 Å². The van der Waals surface area contributed by atoms with Crippen LogP contribution >= 0.6 is 24.0 Å². The first-order valence-electron chi connectivity index (χ1n) is 7.73. The summed E-state index contributed by atoms with van der Waals surface area (Å²) in [6, 6.07) is 5.82. The number of benzene rings is 1. The van der Waals surface area contributed by atoms with Crippen LogP contribution in [0.4, 0.5) is 0 Å². The maximum atomic E-state index is 12.5. The molecule has 0 aliphatic heterocycles. The average Bonchev–Trinajstić information content (AvgIpc) is 2.46. The summed E-state index contributed by atoms with van der Waals surface area (Å²) < 4.78 is 26.0. The highest BCUT2D eigenvalue weighted by molar-refractivity contribution is 7.89. The third-order valence-electron chi connectivity index (χ3n) is 3.64. The van der Waals surface area contributed by atoms with Gasteiger partial charge < -0.3 is 11.1 Å². The predicted molar refractivity (Wildman–Crippen MR) is 104 cm³/mol. The minimum atomic E-state index is -3.75. The first-order valence-corrected chi connectivity index (χ1v) is 9.55. The maximum Gasteiger partial charge on any atom is 0.243 e. The van der Waals surface area contributed by atoms with Gasteiger partial charge in [-0.2, -0.15) is 4.31 Å². The molecule has 6 nitrogen and oxygen atoms in total. The van der Waals surface area contributed by atoms with Crippen LogP contribution in [-0.4, -0.2) is 44.3 Å². The van der Waals surface area contributed by atoms with Gasteiger partial charge in [-0.15, -0.1) is 12.4 Å². The molecule has 0 spiro atoms. The first kappa shape index (κ1) is 24.1. The molecule has 0 saturated carbocycles. The molecule has 1 unspecified atom stereocenters. The predicted octanol–water partition coefficient (Wildman–Crippen LogP) is 2.26. The van der Waals surface area contributed by atoms with Crippen molar-refractivity contribution in [3.05, 3.63) is 29.3 Å². The van der Waals surface area contributed by atoms with E-state index in [1.807, 2.05) is 20.8 Å². The van der Waals surface area contributed by atoms with Gasteiger partial charge in [0.2, 0.25) is 15.9 Å². The summed E-state index contributed by atoms with van der Waals surface area (Å²) in [7, 11) is -2.39. The Hall–Kier alpha value is -0.860. The van der Waals surface area contributed by atoms with E-state index in [0.717, 1.165) is 4.31 Å². The van der Waals surface area contributed by atoms with Crippen LogP contribution in [0, 0.1) is 5.92 Å². The summed E-state index contributed by atoms with van der Waals surface area (Å²) >= 11 is 5.77. The van der Waals surface area contributed by atoms with Crippen LogP contribution in [0.25, 0.3) is 0 Å². The van der Waals surface area contributed by atoms with E-state index < -0.39 is 15.6 Å². The number of hydrogen-bond donors (Lipinski definition) is 2. The molecule has 0 aliphatic rings. The van der Waals surface area contributed by atoms with Gasteiger partial charge in [-0.25, -0.2) is 8.42 Å². The molecule has 1 aromatic rings. The van der Waals surface area contributed by atoms with Crippen LogP contribution in [0.2, 0.25) is 5.02 Å². The molecule has 144 valence electrons. The Bertz CT molecular complexity index is 666. The highest BCUT2D eigenvalue weighted by atomic mass is 35.5. The van der Waals surface area contributed by atoms with Gasteiger partial charge >= 0.3 is 0 Å². The standard InChI is InChI=1S/C16H26ClN3O3S.ClH/c1-12(2)9-16(3,11-18)19-15(21)10-20(4)24(22,23)14-7-5-13(17)6-8-14;/h5-8,12H,9-11,18H2,1-4H3,(H,19,21);1H. The minimum Gasteiger partial charge on any atom is -0.349 e. The van der Waals surface area contributed by atoms with Crippen LogP contribution in [0.5, 0.6) is 0 Å². The molecule has 9 heteroatoms. The Morgan fingerprint density at radius 2 is 1.84 bits per heavy atom. The Kier molecular flexibility index (Phi) is 9.40. The van der Waals surface area contributed by atoms with Gasteiger partial charge in [0.25, 0.3) is 0 Å². The second-order valence-electron chi connectivity index (χ2n) is 6.63. The number of amides is 1. The second kappa shape index (κ2) is 9.73. The number of halogens is 2. The molecule has 3 N–H and O–H groups in total. The summed E-state index contributed by atoms with van der Waals surface area (Å²) in [4.78, 5) is 12.3. The normalized spacial score (nSPS) is 14.1. The average molecular weight is 412 g/mol. The van der Waals surface area contributed by atoms with Gasteiger partial charge in [0.1, 0.15) is 0 Å².